The Morgan fingerprint density at radius 1 is 0.800 bits per heavy atom. The number of halogens is 2. The van der Waals surface area contributed by atoms with E-state index in [4.69, 9.17) is 10.5 Å². The van der Waals surface area contributed by atoms with Gasteiger partial charge in [0.25, 0.3) is 0 Å². The Morgan fingerprint density at radius 3 is 0.800 bits per heavy atom. The van der Waals surface area contributed by atoms with Gasteiger partial charge in [0.15, 0.2) is 0 Å². The molecule has 0 spiro atoms. The second-order valence-corrected chi connectivity index (χ2v) is 0. The SMILES string of the molecule is OO.[Cl-].[Cl-].[Mn+2]. The third-order valence-electron chi connectivity index (χ3n) is 0. The van der Waals surface area contributed by atoms with E-state index in [0.29, 0.717) is 0 Å². The quantitative estimate of drug-likeness (QED) is 0.210. The van der Waals surface area contributed by atoms with Gasteiger partial charge in [-0.15, -0.1) is 0 Å². The predicted octanol–water partition coefficient (Wildman–Crippen LogP) is -5.98. The Kier molecular flexibility index (Phi) is 580. The molecule has 0 aliphatic heterocycles. The van der Waals surface area contributed by atoms with Gasteiger partial charge in [-0.05, 0) is 0 Å². The van der Waals surface area contributed by atoms with E-state index < -0.39 is 0 Å². The fraction of sp³-hybridized carbons (Fsp3) is 0. The largest absolute Gasteiger partial charge is 2.00 e. The molecule has 2 nitrogen and oxygen atoms in total. The molecule has 0 bridgehead atoms. The summed E-state index contributed by atoms with van der Waals surface area (Å²) in [7, 11) is 0. The molecule has 0 aromatic carbocycles. The van der Waals surface area contributed by atoms with Gasteiger partial charge in [0.2, 0.25) is 0 Å². The first-order chi connectivity index (χ1) is 1.00. The Hall–Kier alpha value is 1.02. The van der Waals surface area contributed by atoms with Crippen LogP contribution in [0.4, 0.5) is 0 Å². The maximum Gasteiger partial charge on any atom is 2.00 e. The van der Waals surface area contributed by atoms with Crippen LogP contribution in [-0.4, -0.2) is 10.5 Å². The second-order valence-electron chi connectivity index (χ2n) is 0. The third kappa shape index (κ3) is 44.0. The molecule has 0 heterocycles. The average Bonchev–Trinajstić information content (AvgIpc) is 1.00. The summed E-state index contributed by atoms with van der Waals surface area (Å²) >= 11 is 0. The first-order valence-corrected chi connectivity index (χ1v) is 0.200. The van der Waals surface area contributed by atoms with Crippen LogP contribution in [0.15, 0.2) is 0 Å². The maximum atomic E-state index is 6.00. The maximum absolute atomic E-state index is 6.00. The molecule has 0 fully saturated rings. The Balaban J connectivity index is -0.00000000167. The number of hydrogen-bond acceptors (Lipinski definition) is 2. The van der Waals surface area contributed by atoms with Crippen molar-refractivity contribution in [1.82, 2.24) is 0 Å². The van der Waals surface area contributed by atoms with Gasteiger partial charge in [-0.25, -0.2) is 0 Å². The molecule has 2 N–H and O–H groups in total. The fourth-order valence-corrected chi connectivity index (χ4v) is 0. The molecule has 35 valence electrons. The van der Waals surface area contributed by atoms with Crippen molar-refractivity contribution >= 4 is 0 Å². The van der Waals surface area contributed by atoms with E-state index in [1.54, 1.807) is 0 Å². The van der Waals surface area contributed by atoms with E-state index in [9.17, 15) is 0 Å². The topological polar surface area (TPSA) is 40.5 Å². The average molecular weight is 160 g/mol. The molecule has 0 saturated heterocycles. The van der Waals surface area contributed by atoms with Crippen molar-refractivity contribution in [2.45, 2.75) is 0 Å². The van der Waals surface area contributed by atoms with Gasteiger partial charge in [-0.1, -0.05) is 0 Å². The van der Waals surface area contributed by atoms with Crippen molar-refractivity contribution in [3.63, 3.8) is 0 Å². The number of hydrogen-bond donors (Lipinski definition) is 2. The molecular formula is H2Cl2MnO2. The van der Waals surface area contributed by atoms with Gasteiger partial charge in [0, 0.05) is 0 Å². The zero-order chi connectivity index (χ0) is 2.00. The van der Waals surface area contributed by atoms with Crippen LogP contribution < -0.4 is 24.8 Å². The van der Waals surface area contributed by atoms with Gasteiger partial charge in [-0.3, -0.25) is 10.5 Å². The van der Waals surface area contributed by atoms with Crippen molar-refractivity contribution < 1.29 is 52.4 Å². The summed E-state index contributed by atoms with van der Waals surface area (Å²) in [6.45, 7) is 0. The minimum atomic E-state index is 0. The smallest absolute Gasteiger partial charge is 1.00 e. The van der Waals surface area contributed by atoms with Crippen molar-refractivity contribution in [3.05, 3.63) is 0 Å². The van der Waals surface area contributed by atoms with Gasteiger partial charge >= 0.3 is 17.1 Å². The molecule has 0 unspecified atom stereocenters. The third-order valence-corrected chi connectivity index (χ3v) is 0. The van der Waals surface area contributed by atoms with Crippen LogP contribution in [0, 0.1) is 0 Å². The molecule has 0 amide bonds. The van der Waals surface area contributed by atoms with E-state index in [1.165, 1.54) is 0 Å². The van der Waals surface area contributed by atoms with Gasteiger partial charge in [0.1, 0.15) is 0 Å². The minimum Gasteiger partial charge on any atom is -1.00 e. The fourth-order valence-electron chi connectivity index (χ4n) is 0. The standard InChI is InChI=1S/2ClH.Mn.H2O2/c;;;1-2/h2*1H;;1-2H/q;;+2;/p-2. The van der Waals surface area contributed by atoms with Gasteiger partial charge in [-0.2, -0.15) is 0 Å². The molecule has 0 aromatic heterocycles. The van der Waals surface area contributed by atoms with E-state index in [2.05, 4.69) is 0 Å². The summed E-state index contributed by atoms with van der Waals surface area (Å²) in [5.41, 5.74) is 0. The molecule has 0 aliphatic rings. The predicted molar refractivity (Wildman–Crippen MR) is 5.26 cm³/mol. The van der Waals surface area contributed by atoms with E-state index >= 15 is 0 Å². The molecule has 0 aliphatic carbocycles. The monoisotopic (exact) mass is 159 g/mol. The van der Waals surface area contributed by atoms with E-state index in [0.717, 1.165) is 0 Å². The summed E-state index contributed by atoms with van der Waals surface area (Å²) in [4.78, 5) is 0. The summed E-state index contributed by atoms with van der Waals surface area (Å²) in [6, 6.07) is 0. The van der Waals surface area contributed by atoms with Crippen molar-refractivity contribution in [2.24, 2.45) is 0 Å². The van der Waals surface area contributed by atoms with E-state index in [-0.39, 0.29) is 41.9 Å². The molecule has 0 aromatic rings. The first-order valence-electron chi connectivity index (χ1n) is 0.200. The van der Waals surface area contributed by atoms with Crippen LogP contribution in [0.3, 0.4) is 0 Å². The molecule has 0 atom stereocenters. The zero-order valence-electron chi connectivity index (χ0n) is 2.03. The Labute approximate surface area is 52.8 Å². The summed E-state index contributed by atoms with van der Waals surface area (Å²) in [6.07, 6.45) is 0. The first kappa shape index (κ1) is 37.2. The summed E-state index contributed by atoms with van der Waals surface area (Å²) < 4.78 is 0. The molecule has 0 saturated carbocycles. The zero-order valence-corrected chi connectivity index (χ0v) is 4.72. The van der Waals surface area contributed by atoms with Crippen molar-refractivity contribution in [1.29, 1.82) is 0 Å². The Morgan fingerprint density at radius 2 is 0.800 bits per heavy atom. The Bertz CT molecular complexity index is 7.61. The van der Waals surface area contributed by atoms with Crippen molar-refractivity contribution in [2.75, 3.05) is 0 Å². The van der Waals surface area contributed by atoms with Crippen LogP contribution >= 0.6 is 0 Å². The summed E-state index contributed by atoms with van der Waals surface area (Å²) in [5, 5.41) is 12.0. The van der Waals surface area contributed by atoms with Gasteiger partial charge < -0.3 is 24.8 Å². The van der Waals surface area contributed by atoms with Crippen molar-refractivity contribution in [3.8, 4) is 0 Å². The van der Waals surface area contributed by atoms with Crippen LogP contribution in [0.2, 0.25) is 0 Å². The minimum absolute atomic E-state index is 0. The normalized spacial score (nSPS) is 1.20. The molecule has 5 heteroatoms. The summed E-state index contributed by atoms with van der Waals surface area (Å²) in [5.74, 6) is 0. The molecule has 1 radical (unpaired) electrons. The second kappa shape index (κ2) is 78.0. The number of rotatable bonds is 0. The van der Waals surface area contributed by atoms with Gasteiger partial charge in [0.05, 0.1) is 0 Å². The van der Waals surface area contributed by atoms with Crippen LogP contribution in [0.25, 0.3) is 0 Å². The molecular weight excluding hydrogens is 158 g/mol. The molecule has 0 rings (SSSR count). The molecule has 5 heavy (non-hydrogen) atoms. The van der Waals surface area contributed by atoms with E-state index in [1.807, 2.05) is 0 Å². The van der Waals surface area contributed by atoms with Crippen LogP contribution in [-0.2, 0) is 17.1 Å². The van der Waals surface area contributed by atoms with Crippen LogP contribution in [0.5, 0.6) is 0 Å². The van der Waals surface area contributed by atoms with Crippen LogP contribution in [0.1, 0.15) is 0 Å².